The molecule has 1 aromatic carbocycles. The monoisotopic (exact) mass is 272 g/mol. The SMILES string of the molecule is Cc1nn(C)c(Oc2ccccc2C(C)C)c1C(=N)N. The largest absolute Gasteiger partial charge is 0.438 e. The lowest BCUT2D eigenvalue weighted by molar-refractivity contribution is 0.423. The molecule has 0 saturated heterocycles. The molecule has 106 valence electrons. The minimum absolute atomic E-state index is 0.0346. The Morgan fingerprint density at radius 3 is 2.60 bits per heavy atom. The molecule has 0 atom stereocenters. The van der Waals surface area contributed by atoms with E-state index in [2.05, 4.69) is 18.9 Å². The summed E-state index contributed by atoms with van der Waals surface area (Å²) in [6, 6.07) is 7.87. The van der Waals surface area contributed by atoms with E-state index in [1.54, 1.807) is 11.7 Å². The Kier molecular flexibility index (Phi) is 3.79. The van der Waals surface area contributed by atoms with Crippen molar-refractivity contribution >= 4 is 5.84 Å². The van der Waals surface area contributed by atoms with Crippen LogP contribution in [0.25, 0.3) is 0 Å². The second kappa shape index (κ2) is 5.36. The second-order valence-electron chi connectivity index (χ2n) is 5.10. The van der Waals surface area contributed by atoms with Crippen LogP contribution in [0.2, 0.25) is 0 Å². The van der Waals surface area contributed by atoms with E-state index >= 15 is 0 Å². The van der Waals surface area contributed by atoms with Gasteiger partial charge in [-0.25, -0.2) is 4.68 Å². The number of ether oxygens (including phenoxy) is 1. The van der Waals surface area contributed by atoms with Gasteiger partial charge in [0.1, 0.15) is 17.1 Å². The van der Waals surface area contributed by atoms with Crippen molar-refractivity contribution in [2.45, 2.75) is 26.7 Å². The first-order chi connectivity index (χ1) is 9.41. The fourth-order valence-electron chi connectivity index (χ4n) is 2.22. The number of rotatable bonds is 4. The summed E-state index contributed by atoms with van der Waals surface area (Å²) in [6.45, 7) is 6.04. The van der Waals surface area contributed by atoms with E-state index in [1.165, 1.54) is 0 Å². The van der Waals surface area contributed by atoms with E-state index in [0.717, 1.165) is 11.3 Å². The number of para-hydroxylation sites is 1. The molecule has 5 nitrogen and oxygen atoms in total. The van der Waals surface area contributed by atoms with Gasteiger partial charge >= 0.3 is 0 Å². The summed E-state index contributed by atoms with van der Waals surface area (Å²) in [5.74, 6) is 1.59. The van der Waals surface area contributed by atoms with Gasteiger partial charge in [-0.15, -0.1) is 0 Å². The summed E-state index contributed by atoms with van der Waals surface area (Å²) in [5, 5.41) is 12.0. The van der Waals surface area contributed by atoms with E-state index in [0.29, 0.717) is 23.1 Å². The van der Waals surface area contributed by atoms with Crippen molar-refractivity contribution in [2.75, 3.05) is 0 Å². The van der Waals surface area contributed by atoms with Crippen LogP contribution in [0.3, 0.4) is 0 Å². The number of nitrogens with two attached hydrogens (primary N) is 1. The maximum atomic E-state index is 7.68. The predicted molar refractivity (Wildman–Crippen MR) is 79.6 cm³/mol. The number of amidine groups is 1. The molecule has 2 aromatic rings. The molecular weight excluding hydrogens is 252 g/mol. The average molecular weight is 272 g/mol. The fraction of sp³-hybridized carbons (Fsp3) is 0.333. The highest BCUT2D eigenvalue weighted by atomic mass is 16.5. The average Bonchev–Trinajstić information content (AvgIpc) is 2.64. The van der Waals surface area contributed by atoms with Crippen LogP contribution < -0.4 is 10.5 Å². The number of nitrogen functional groups attached to an aromatic ring is 1. The van der Waals surface area contributed by atoms with Crippen molar-refractivity contribution in [1.29, 1.82) is 5.41 Å². The Morgan fingerprint density at radius 1 is 1.35 bits per heavy atom. The summed E-state index contributed by atoms with van der Waals surface area (Å²) in [5.41, 5.74) is 7.98. The summed E-state index contributed by atoms with van der Waals surface area (Å²) in [4.78, 5) is 0. The molecule has 2 rings (SSSR count). The zero-order chi connectivity index (χ0) is 14.9. The summed E-state index contributed by atoms with van der Waals surface area (Å²) in [7, 11) is 1.78. The van der Waals surface area contributed by atoms with Crippen LogP contribution in [0.4, 0.5) is 0 Å². The molecule has 0 aliphatic rings. The van der Waals surface area contributed by atoms with Crippen molar-refractivity contribution in [2.24, 2.45) is 12.8 Å². The Morgan fingerprint density at radius 2 is 2.00 bits per heavy atom. The Hall–Kier alpha value is -2.30. The number of nitrogens with zero attached hydrogens (tertiary/aromatic N) is 2. The highest BCUT2D eigenvalue weighted by Crippen LogP contribution is 2.32. The first kappa shape index (κ1) is 14.1. The molecule has 0 fully saturated rings. The van der Waals surface area contributed by atoms with Gasteiger partial charge < -0.3 is 10.5 Å². The minimum atomic E-state index is -0.0346. The second-order valence-corrected chi connectivity index (χ2v) is 5.10. The number of nitrogens with one attached hydrogen (secondary N) is 1. The minimum Gasteiger partial charge on any atom is -0.438 e. The van der Waals surface area contributed by atoms with Crippen LogP contribution in [0.1, 0.15) is 36.6 Å². The Balaban J connectivity index is 2.48. The van der Waals surface area contributed by atoms with Crippen LogP contribution in [0, 0.1) is 12.3 Å². The molecule has 1 aromatic heterocycles. The van der Waals surface area contributed by atoms with Gasteiger partial charge in [-0.2, -0.15) is 5.10 Å². The molecule has 0 unspecified atom stereocenters. The number of aryl methyl sites for hydroxylation is 2. The molecule has 5 heteroatoms. The summed E-state index contributed by atoms with van der Waals surface area (Å²) in [6.07, 6.45) is 0. The number of hydrogen-bond acceptors (Lipinski definition) is 3. The van der Waals surface area contributed by atoms with Crippen LogP contribution >= 0.6 is 0 Å². The number of hydrogen-bond donors (Lipinski definition) is 2. The molecule has 0 saturated carbocycles. The Bertz CT molecular complexity index is 643. The van der Waals surface area contributed by atoms with Crippen molar-refractivity contribution in [3.05, 3.63) is 41.1 Å². The van der Waals surface area contributed by atoms with Crippen LogP contribution in [-0.2, 0) is 7.05 Å². The van der Waals surface area contributed by atoms with Crippen molar-refractivity contribution in [3.8, 4) is 11.6 Å². The first-order valence-corrected chi connectivity index (χ1v) is 6.56. The molecular formula is C15H20N4O. The molecule has 1 heterocycles. The van der Waals surface area contributed by atoms with Crippen molar-refractivity contribution in [3.63, 3.8) is 0 Å². The third kappa shape index (κ3) is 2.52. The van der Waals surface area contributed by atoms with Crippen LogP contribution in [-0.4, -0.2) is 15.6 Å². The summed E-state index contributed by atoms with van der Waals surface area (Å²) < 4.78 is 7.61. The van der Waals surface area contributed by atoms with Gasteiger partial charge in [0.15, 0.2) is 0 Å². The maximum absolute atomic E-state index is 7.68. The van der Waals surface area contributed by atoms with E-state index in [9.17, 15) is 0 Å². The van der Waals surface area contributed by atoms with Crippen molar-refractivity contribution < 1.29 is 4.74 Å². The quantitative estimate of drug-likeness (QED) is 0.663. The zero-order valence-corrected chi connectivity index (χ0v) is 12.3. The van der Waals surface area contributed by atoms with Gasteiger partial charge in [0.2, 0.25) is 5.88 Å². The number of benzene rings is 1. The highest BCUT2D eigenvalue weighted by Gasteiger charge is 2.19. The molecule has 0 amide bonds. The highest BCUT2D eigenvalue weighted by molar-refractivity contribution is 5.98. The third-order valence-corrected chi connectivity index (χ3v) is 3.19. The molecule has 0 spiro atoms. The van der Waals surface area contributed by atoms with Gasteiger partial charge in [0.05, 0.1) is 5.69 Å². The van der Waals surface area contributed by atoms with Crippen LogP contribution in [0.5, 0.6) is 11.6 Å². The van der Waals surface area contributed by atoms with Gasteiger partial charge in [0.25, 0.3) is 0 Å². The van der Waals surface area contributed by atoms with Crippen molar-refractivity contribution in [1.82, 2.24) is 9.78 Å². The molecule has 0 radical (unpaired) electrons. The maximum Gasteiger partial charge on any atom is 0.228 e. The van der Waals surface area contributed by atoms with Crippen LogP contribution in [0.15, 0.2) is 24.3 Å². The Labute approximate surface area is 118 Å². The summed E-state index contributed by atoms with van der Waals surface area (Å²) >= 11 is 0. The topological polar surface area (TPSA) is 76.9 Å². The standard InChI is InChI=1S/C15H20N4O/c1-9(2)11-7-5-6-8-12(11)20-15-13(14(16)17)10(3)18-19(15)4/h5-9H,1-4H3,(H3,16,17). The molecule has 0 aliphatic carbocycles. The van der Waals surface area contributed by atoms with Gasteiger partial charge in [-0.3, -0.25) is 5.41 Å². The van der Waals surface area contributed by atoms with Gasteiger partial charge in [-0.05, 0) is 24.5 Å². The van der Waals surface area contributed by atoms with Gasteiger partial charge in [0, 0.05) is 7.05 Å². The van der Waals surface area contributed by atoms with E-state index in [4.69, 9.17) is 15.9 Å². The van der Waals surface area contributed by atoms with E-state index < -0.39 is 0 Å². The zero-order valence-electron chi connectivity index (χ0n) is 12.3. The predicted octanol–water partition coefficient (Wildman–Crippen LogP) is 2.93. The molecule has 3 N–H and O–H groups in total. The lowest BCUT2D eigenvalue weighted by atomic mass is 10.0. The molecule has 20 heavy (non-hydrogen) atoms. The fourth-order valence-corrected chi connectivity index (χ4v) is 2.22. The van der Waals surface area contributed by atoms with E-state index in [-0.39, 0.29) is 5.84 Å². The molecule has 0 bridgehead atoms. The first-order valence-electron chi connectivity index (χ1n) is 6.56. The van der Waals surface area contributed by atoms with Gasteiger partial charge in [-0.1, -0.05) is 32.0 Å². The van der Waals surface area contributed by atoms with E-state index in [1.807, 2.05) is 31.2 Å². The normalized spacial score (nSPS) is 10.8. The molecule has 0 aliphatic heterocycles. The third-order valence-electron chi connectivity index (χ3n) is 3.19. The lowest BCUT2D eigenvalue weighted by Crippen LogP contribution is -2.13. The smallest absolute Gasteiger partial charge is 0.228 e. The lowest BCUT2D eigenvalue weighted by Gasteiger charge is -2.14. The number of aromatic nitrogens is 2.